The second-order valence-electron chi connectivity index (χ2n) is 3.83. The quantitative estimate of drug-likeness (QED) is 0.474. The van der Waals surface area contributed by atoms with E-state index in [1.165, 1.54) is 64.2 Å². The van der Waals surface area contributed by atoms with Crippen LogP contribution in [-0.2, 0) is 0 Å². The summed E-state index contributed by atoms with van der Waals surface area (Å²) in [6, 6.07) is 0. The molecule has 0 bridgehead atoms. The van der Waals surface area contributed by atoms with E-state index >= 15 is 0 Å². The predicted octanol–water partition coefficient (Wildman–Crippen LogP) is 5.51. The van der Waals surface area contributed by atoms with Crippen LogP contribution < -0.4 is 0 Å². The molecule has 0 aliphatic heterocycles. The fourth-order valence-electron chi connectivity index (χ4n) is 1.56. The highest BCUT2D eigenvalue weighted by Gasteiger charge is 1.90. The Kier molecular flexibility index (Phi) is 18.4. The van der Waals surface area contributed by atoms with Crippen LogP contribution in [0.1, 0.15) is 78.1 Å². The molecule has 0 aliphatic carbocycles. The first-order chi connectivity index (χ1) is 5.91. The van der Waals surface area contributed by atoms with E-state index in [2.05, 4.69) is 13.8 Å². The third-order valence-electron chi connectivity index (χ3n) is 2.46. The van der Waals surface area contributed by atoms with Crippen LogP contribution in [0.5, 0.6) is 0 Å². The van der Waals surface area contributed by atoms with Crippen molar-refractivity contribution in [2.24, 2.45) is 0 Å². The molecule has 13 heavy (non-hydrogen) atoms. The first kappa shape index (κ1) is 15.9. The van der Waals surface area contributed by atoms with Gasteiger partial charge in [-0.25, -0.2) is 0 Å². The Balaban J connectivity index is 0. The molecule has 0 amide bonds. The number of halogens is 1. The summed E-state index contributed by atoms with van der Waals surface area (Å²) in [5, 5.41) is 0. The van der Waals surface area contributed by atoms with E-state index < -0.39 is 0 Å². The fourth-order valence-corrected chi connectivity index (χ4v) is 1.56. The smallest absolute Gasteiger partial charge is 0.0533 e. The lowest BCUT2D eigenvalue weighted by Crippen LogP contribution is -1.80. The van der Waals surface area contributed by atoms with Crippen LogP contribution >= 0.6 is 17.0 Å². The summed E-state index contributed by atoms with van der Waals surface area (Å²) < 4.78 is 0. The molecule has 0 aromatic rings. The molecule has 0 spiro atoms. The van der Waals surface area contributed by atoms with E-state index in [-0.39, 0.29) is 17.0 Å². The first-order valence-electron chi connectivity index (χ1n) is 5.91. The number of rotatable bonds is 9. The largest absolute Gasteiger partial charge is 0.114 e. The van der Waals surface area contributed by atoms with Gasteiger partial charge in [-0.1, -0.05) is 78.1 Å². The zero-order valence-electron chi connectivity index (χ0n) is 9.48. The van der Waals surface area contributed by atoms with E-state index in [4.69, 9.17) is 0 Å². The lowest BCUT2D eigenvalue weighted by Gasteiger charge is -1.99. The van der Waals surface area contributed by atoms with Crippen LogP contribution in [0.25, 0.3) is 0 Å². The van der Waals surface area contributed by atoms with Crippen molar-refractivity contribution in [3.63, 3.8) is 0 Å². The molecule has 1 heteroatoms. The molecule has 0 rings (SSSR count). The SMILES string of the molecule is Br.CCCCCCCCCCCC. The molecule has 0 saturated carbocycles. The zero-order valence-corrected chi connectivity index (χ0v) is 11.2. The Morgan fingerprint density at radius 1 is 0.462 bits per heavy atom. The van der Waals surface area contributed by atoms with Crippen molar-refractivity contribution >= 4 is 17.0 Å². The lowest BCUT2D eigenvalue weighted by molar-refractivity contribution is 0.562. The van der Waals surface area contributed by atoms with E-state index in [0.717, 1.165) is 0 Å². The topological polar surface area (TPSA) is 0 Å². The minimum Gasteiger partial charge on any atom is -0.114 e. The standard InChI is InChI=1S/C12H26.BrH/c1-3-5-7-9-11-12-10-8-6-4-2;/h3-12H2,1-2H3;1H. The Morgan fingerprint density at radius 2 is 0.692 bits per heavy atom. The highest BCUT2D eigenvalue weighted by atomic mass is 79.9. The molecule has 0 saturated heterocycles. The van der Waals surface area contributed by atoms with Gasteiger partial charge in [0.15, 0.2) is 0 Å². The number of hydrogen-bond acceptors (Lipinski definition) is 0. The zero-order chi connectivity index (χ0) is 9.07. The van der Waals surface area contributed by atoms with Gasteiger partial charge in [0.2, 0.25) is 0 Å². The van der Waals surface area contributed by atoms with Crippen LogP contribution in [-0.4, -0.2) is 0 Å². The number of unbranched alkanes of at least 4 members (excludes halogenated alkanes) is 9. The van der Waals surface area contributed by atoms with Gasteiger partial charge >= 0.3 is 0 Å². The maximum atomic E-state index is 2.28. The van der Waals surface area contributed by atoms with Crippen LogP contribution in [0.15, 0.2) is 0 Å². The summed E-state index contributed by atoms with van der Waals surface area (Å²) in [6.45, 7) is 4.56. The molecule has 0 radical (unpaired) electrons. The molecule has 0 aromatic carbocycles. The predicted molar refractivity (Wildman–Crippen MR) is 67.8 cm³/mol. The third kappa shape index (κ3) is 15.3. The van der Waals surface area contributed by atoms with Crippen molar-refractivity contribution in [2.45, 2.75) is 78.1 Å². The average molecular weight is 251 g/mol. The van der Waals surface area contributed by atoms with Crippen molar-refractivity contribution in [1.82, 2.24) is 0 Å². The highest BCUT2D eigenvalue weighted by molar-refractivity contribution is 8.93. The maximum Gasteiger partial charge on any atom is -0.0533 e. The molecule has 0 aliphatic rings. The van der Waals surface area contributed by atoms with Crippen LogP contribution in [0, 0.1) is 0 Å². The van der Waals surface area contributed by atoms with Crippen molar-refractivity contribution in [3.05, 3.63) is 0 Å². The number of hydrogen-bond donors (Lipinski definition) is 0. The van der Waals surface area contributed by atoms with Gasteiger partial charge in [-0.3, -0.25) is 0 Å². The molecule has 0 aromatic heterocycles. The van der Waals surface area contributed by atoms with Crippen LogP contribution in [0.4, 0.5) is 0 Å². The summed E-state index contributed by atoms with van der Waals surface area (Å²) in [6.07, 6.45) is 14.4. The molecular weight excluding hydrogens is 224 g/mol. The van der Waals surface area contributed by atoms with Crippen molar-refractivity contribution in [1.29, 1.82) is 0 Å². The maximum absolute atomic E-state index is 2.28. The van der Waals surface area contributed by atoms with E-state index in [9.17, 15) is 0 Å². The lowest BCUT2D eigenvalue weighted by atomic mass is 10.1. The Labute approximate surface area is 95.3 Å². The van der Waals surface area contributed by atoms with Crippen molar-refractivity contribution in [2.75, 3.05) is 0 Å². The molecule has 82 valence electrons. The van der Waals surface area contributed by atoms with Gasteiger partial charge < -0.3 is 0 Å². The molecule has 0 fully saturated rings. The monoisotopic (exact) mass is 250 g/mol. The molecule has 0 unspecified atom stereocenters. The summed E-state index contributed by atoms with van der Waals surface area (Å²) in [7, 11) is 0. The summed E-state index contributed by atoms with van der Waals surface area (Å²) in [4.78, 5) is 0. The van der Waals surface area contributed by atoms with E-state index in [1.54, 1.807) is 0 Å². The van der Waals surface area contributed by atoms with Crippen molar-refractivity contribution < 1.29 is 0 Å². The van der Waals surface area contributed by atoms with Crippen LogP contribution in [0.2, 0.25) is 0 Å². The van der Waals surface area contributed by atoms with E-state index in [1.807, 2.05) is 0 Å². The molecule has 0 nitrogen and oxygen atoms in total. The third-order valence-corrected chi connectivity index (χ3v) is 2.46. The minimum absolute atomic E-state index is 0. The summed E-state index contributed by atoms with van der Waals surface area (Å²) in [5.41, 5.74) is 0. The summed E-state index contributed by atoms with van der Waals surface area (Å²) in [5.74, 6) is 0. The second-order valence-corrected chi connectivity index (χ2v) is 3.83. The van der Waals surface area contributed by atoms with Gasteiger partial charge in [0, 0.05) is 0 Å². The molecule has 0 N–H and O–H groups in total. The minimum atomic E-state index is 0. The Morgan fingerprint density at radius 3 is 0.923 bits per heavy atom. The van der Waals surface area contributed by atoms with Gasteiger partial charge in [-0.05, 0) is 0 Å². The van der Waals surface area contributed by atoms with Crippen LogP contribution in [0.3, 0.4) is 0 Å². The fraction of sp³-hybridized carbons (Fsp3) is 1.00. The average Bonchev–Trinajstić information content (AvgIpc) is 2.10. The Bertz CT molecular complexity index is 61.5. The highest BCUT2D eigenvalue weighted by Crippen LogP contribution is 2.09. The van der Waals surface area contributed by atoms with Gasteiger partial charge in [0.25, 0.3) is 0 Å². The van der Waals surface area contributed by atoms with Crippen molar-refractivity contribution in [3.8, 4) is 0 Å². The first-order valence-corrected chi connectivity index (χ1v) is 5.91. The van der Waals surface area contributed by atoms with Gasteiger partial charge in [-0.15, -0.1) is 17.0 Å². The van der Waals surface area contributed by atoms with E-state index in [0.29, 0.717) is 0 Å². The summed E-state index contributed by atoms with van der Waals surface area (Å²) >= 11 is 0. The molecular formula is C12H27Br. The van der Waals surface area contributed by atoms with Gasteiger partial charge in [0.05, 0.1) is 0 Å². The van der Waals surface area contributed by atoms with Gasteiger partial charge in [-0.2, -0.15) is 0 Å². The Hall–Kier alpha value is 0.480. The second kappa shape index (κ2) is 15.0. The van der Waals surface area contributed by atoms with Gasteiger partial charge in [0.1, 0.15) is 0 Å². The molecule has 0 atom stereocenters. The normalized spacial score (nSPS) is 9.69. The molecule has 0 heterocycles.